The lowest BCUT2D eigenvalue weighted by atomic mass is 9.82. The van der Waals surface area contributed by atoms with E-state index in [4.69, 9.17) is 4.74 Å². The molecule has 0 radical (unpaired) electrons. The van der Waals surface area contributed by atoms with E-state index in [9.17, 15) is 26.2 Å². The molecule has 0 saturated carbocycles. The fourth-order valence-electron chi connectivity index (χ4n) is 4.41. The van der Waals surface area contributed by atoms with Gasteiger partial charge in [0.2, 0.25) is 0 Å². The summed E-state index contributed by atoms with van der Waals surface area (Å²) in [5.41, 5.74) is 1.56. The summed E-state index contributed by atoms with van der Waals surface area (Å²) in [5.74, 6) is -1.55. The first-order valence-electron chi connectivity index (χ1n) is 11.5. The number of benzene rings is 3. The Morgan fingerprint density at radius 1 is 0.946 bits per heavy atom. The second-order valence-corrected chi connectivity index (χ2v) is 10.7. The highest BCUT2D eigenvalue weighted by Gasteiger charge is 2.34. The third-order valence-electron chi connectivity index (χ3n) is 6.11. The molecule has 4 rings (SSSR count). The van der Waals surface area contributed by atoms with E-state index in [2.05, 4.69) is 13.8 Å². The second kappa shape index (κ2) is 11.2. The number of rotatable bonds is 7. The van der Waals surface area contributed by atoms with Crippen LogP contribution in [-0.4, -0.2) is 36.4 Å². The monoisotopic (exact) mass is 540 g/mol. The lowest BCUT2D eigenvalue weighted by Gasteiger charge is -2.36. The minimum atomic E-state index is -4.83. The van der Waals surface area contributed by atoms with Crippen molar-refractivity contribution in [3.05, 3.63) is 95.6 Å². The van der Waals surface area contributed by atoms with Gasteiger partial charge in [-0.1, -0.05) is 24.3 Å². The first kappa shape index (κ1) is 27.0. The van der Waals surface area contributed by atoms with Gasteiger partial charge in [-0.2, -0.15) is 0 Å². The van der Waals surface area contributed by atoms with Crippen LogP contribution in [0.4, 0.5) is 22.0 Å². The lowest BCUT2D eigenvalue weighted by Crippen LogP contribution is -2.43. The fraction of sp³-hybridized carbons (Fsp3) is 0.308. The molecule has 0 spiro atoms. The Bertz CT molecular complexity index is 1260. The molecule has 1 aliphatic rings. The van der Waals surface area contributed by atoms with E-state index in [1.807, 2.05) is 0 Å². The SMILES string of the molecule is CN=S(=O)(NC1CCOC(C(c2ccc(F)cc2)c2ccc(F)cc2)C1)c1ccc(OC(F)(F)F)cc1. The van der Waals surface area contributed by atoms with Crippen LogP contribution in [0.5, 0.6) is 5.75 Å². The maximum absolute atomic E-state index is 13.6. The average molecular weight is 541 g/mol. The van der Waals surface area contributed by atoms with Gasteiger partial charge in [0.25, 0.3) is 0 Å². The van der Waals surface area contributed by atoms with Gasteiger partial charge in [-0.25, -0.2) is 22.1 Å². The summed E-state index contributed by atoms with van der Waals surface area (Å²) in [5, 5.41) is 0. The molecule has 1 heterocycles. The smallest absolute Gasteiger partial charge is 0.406 e. The molecule has 0 aliphatic carbocycles. The van der Waals surface area contributed by atoms with Crippen LogP contribution in [0.25, 0.3) is 0 Å². The van der Waals surface area contributed by atoms with Crippen molar-refractivity contribution < 1.29 is 35.6 Å². The van der Waals surface area contributed by atoms with Gasteiger partial charge >= 0.3 is 6.36 Å². The van der Waals surface area contributed by atoms with E-state index >= 15 is 0 Å². The minimum absolute atomic E-state index is 0.209. The van der Waals surface area contributed by atoms with Crippen molar-refractivity contribution in [2.75, 3.05) is 13.7 Å². The third-order valence-corrected chi connectivity index (χ3v) is 8.18. The van der Waals surface area contributed by atoms with Gasteiger partial charge in [-0.3, -0.25) is 0 Å². The zero-order valence-electron chi connectivity index (χ0n) is 19.8. The van der Waals surface area contributed by atoms with Gasteiger partial charge in [-0.15, -0.1) is 13.2 Å². The highest BCUT2D eigenvalue weighted by atomic mass is 32.2. The summed E-state index contributed by atoms with van der Waals surface area (Å²) < 4.78 is 95.4. The van der Waals surface area contributed by atoms with E-state index in [0.29, 0.717) is 19.4 Å². The highest BCUT2D eigenvalue weighted by Crippen LogP contribution is 2.35. The van der Waals surface area contributed by atoms with Crippen LogP contribution in [0.3, 0.4) is 0 Å². The summed E-state index contributed by atoms with van der Waals surface area (Å²) >= 11 is 0. The van der Waals surface area contributed by atoms with E-state index in [-0.39, 0.29) is 28.5 Å². The van der Waals surface area contributed by atoms with Gasteiger partial charge in [-0.05, 0) is 72.5 Å². The Morgan fingerprint density at radius 3 is 1.97 bits per heavy atom. The Morgan fingerprint density at radius 2 is 1.49 bits per heavy atom. The largest absolute Gasteiger partial charge is 0.573 e. The zero-order chi connectivity index (χ0) is 26.6. The summed E-state index contributed by atoms with van der Waals surface area (Å²) in [7, 11) is -1.80. The van der Waals surface area contributed by atoms with Gasteiger partial charge in [0.15, 0.2) is 0 Å². The molecule has 0 aromatic heterocycles. The fourth-order valence-corrected chi connectivity index (χ4v) is 6.03. The quantitative estimate of drug-likeness (QED) is 0.363. The highest BCUT2D eigenvalue weighted by molar-refractivity contribution is 7.91. The number of nitrogens with zero attached hydrogens (tertiary/aromatic N) is 1. The third kappa shape index (κ3) is 6.85. The Hall–Kier alpha value is -3.02. The van der Waals surface area contributed by atoms with Crippen LogP contribution < -0.4 is 9.46 Å². The van der Waals surface area contributed by atoms with Crippen LogP contribution in [0.2, 0.25) is 0 Å². The van der Waals surface area contributed by atoms with Gasteiger partial charge in [0.05, 0.1) is 11.0 Å². The van der Waals surface area contributed by atoms with E-state index < -0.39 is 28.1 Å². The minimum Gasteiger partial charge on any atom is -0.406 e. The van der Waals surface area contributed by atoms with E-state index in [1.165, 1.54) is 43.4 Å². The molecule has 3 atom stereocenters. The molecular formula is C26H25F5N2O3S. The van der Waals surface area contributed by atoms with Crippen molar-refractivity contribution in [1.29, 1.82) is 0 Å². The van der Waals surface area contributed by atoms with Crippen LogP contribution >= 0.6 is 0 Å². The molecule has 3 unspecified atom stereocenters. The molecular weight excluding hydrogens is 515 g/mol. The predicted octanol–water partition coefficient (Wildman–Crippen LogP) is 6.20. The number of halogens is 5. The van der Waals surface area contributed by atoms with Gasteiger partial charge in [0.1, 0.15) is 27.3 Å². The lowest BCUT2D eigenvalue weighted by molar-refractivity contribution is -0.274. The summed E-state index contributed by atoms with van der Waals surface area (Å²) in [4.78, 5) is 0.209. The van der Waals surface area contributed by atoms with Crippen molar-refractivity contribution in [3.63, 3.8) is 0 Å². The molecule has 1 N–H and O–H groups in total. The number of ether oxygens (including phenoxy) is 2. The zero-order valence-corrected chi connectivity index (χ0v) is 20.6. The maximum Gasteiger partial charge on any atom is 0.573 e. The molecule has 11 heteroatoms. The van der Waals surface area contributed by atoms with Gasteiger partial charge < -0.3 is 9.47 Å². The molecule has 1 aliphatic heterocycles. The first-order chi connectivity index (χ1) is 17.6. The molecule has 3 aromatic rings. The number of hydrogen-bond acceptors (Lipinski definition) is 4. The van der Waals surface area contributed by atoms with Crippen LogP contribution in [0.1, 0.15) is 29.9 Å². The van der Waals surface area contributed by atoms with E-state index in [0.717, 1.165) is 23.3 Å². The molecule has 0 bridgehead atoms. The molecule has 5 nitrogen and oxygen atoms in total. The predicted molar refractivity (Wildman–Crippen MR) is 128 cm³/mol. The first-order valence-corrected chi connectivity index (χ1v) is 13.0. The molecule has 1 fully saturated rings. The summed E-state index contributed by atoms with van der Waals surface area (Å²) in [6.07, 6.45) is -4.33. The molecule has 1 saturated heterocycles. The summed E-state index contributed by atoms with van der Waals surface area (Å²) in [6, 6.07) is 16.4. The number of alkyl halides is 3. The van der Waals surface area contributed by atoms with Crippen molar-refractivity contribution in [3.8, 4) is 5.75 Å². The maximum atomic E-state index is 13.6. The average Bonchev–Trinajstić information content (AvgIpc) is 2.86. The second-order valence-electron chi connectivity index (χ2n) is 8.56. The molecule has 37 heavy (non-hydrogen) atoms. The van der Waals surface area contributed by atoms with E-state index in [1.54, 1.807) is 24.3 Å². The standard InChI is InChI=1S/C26H25F5N2O3S/c1-32-37(34,23-12-10-22(11-13-23)36-26(29,30)31)33-21-14-15-35-24(16-21)25(17-2-6-19(27)7-3-17)18-4-8-20(28)9-5-18/h2-13,21,24-25H,14-16H2,1H3,(H,32,33,34). The molecule has 0 amide bonds. The Kier molecular flexibility index (Phi) is 8.15. The van der Waals surface area contributed by atoms with Gasteiger partial charge in [0, 0.05) is 25.6 Å². The number of hydrogen-bond donors (Lipinski definition) is 1. The van der Waals surface area contributed by atoms with Crippen LogP contribution in [-0.2, 0) is 14.7 Å². The van der Waals surface area contributed by atoms with Crippen molar-refractivity contribution in [2.24, 2.45) is 4.36 Å². The van der Waals surface area contributed by atoms with Crippen LogP contribution in [0, 0.1) is 11.6 Å². The molecule has 198 valence electrons. The summed E-state index contributed by atoms with van der Waals surface area (Å²) in [6.45, 7) is 0.332. The Balaban J connectivity index is 1.56. The van der Waals surface area contributed by atoms with Crippen molar-refractivity contribution in [2.45, 2.75) is 42.2 Å². The topological polar surface area (TPSA) is 59.9 Å². The normalized spacial score (nSPS) is 19.9. The molecule has 3 aromatic carbocycles. The van der Waals surface area contributed by atoms with Crippen LogP contribution in [0.15, 0.2) is 82.1 Å². The Labute approximate surface area is 211 Å². The van der Waals surface area contributed by atoms with Crippen molar-refractivity contribution >= 4 is 9.92 Å². The van der Waals surface area contributed by atoms with Crippen molar-refractivity contribution in [1.82, 2.24) is 4.72 Å². The number of nitrogens with one attached hydrogen (secondary N) is 1.